The number of carbonyl (C=O) groups is 3. The number of carboxylic acids is 1. The van der Waals surface area contributed by atoms with E-state index < -0.39 is 27.8 Å². The van der Waals surface area contributed by atoms with E-state index in [1.165, 1.54) is 28.8 Å². The average molecular weight is 386 g/mol. The van der Waals surface area contributed by atoms with Gasteiger partial charge in [0.25, 0.3) is 0 Å². The molecule has 1 aromatic carbocycles. The Morgan fingerprint density at radius 2 is 2.00 bits per heavy atom. The molecule has 2 rings (SSSR count). The van der Waals surface area contributed by atoms with Crippen molar-refractivity contribution in [1.82, 2.24) is 4.90 Å². The minimum atomic E-state index is -3.65. The summed E-state index contributed by atoms with van der Waals surface area (Å²) in [6.45, 7) is 1.70. The number of hydrogen-bond donors (Lipinski definition) is 2. The van der Waals surface area contributed by atoms with Crippen LogP contribution in [0.1, 0.15) is 23.7 Å². The van der Waals surface area contributed by atoms with E-state index in [0.29, 0.717) is 11.6 Å². The third-order valence-corrected chi connectivity index (χ3v) is 5.76. The van der Waals surface area contributed by atoms with Crippen LogP contribution in [-0.4, -0.2) is 60.1 Å². The molecule has 8 nitrogen and oxygen atoms in total. The fourth-order valence-corrected chi connectivity index (χ4v) is 4.21. The molecule has 1 unspecified atom stereocenters. The zero-order valence-corrected chi connectivity index (χ0v) is 15.3. The third-order valence-electron chi connectivity index (χ3n) is 3.66. The van der Waals surface area contributed by atoms with Crippen LogP contribution in [0.2, 0.25) is 0 Å². The molecule has 0 aromatic heterocycles. The van der Waals surface area contributed by atoms with E-state index in [0.717, 1.165) is 12.3 Å². The van der Waals surface area contributed by atoms with Gasteiger partial charge in [0, 0.05) is 24.1 Å². The van der Waals surface area contributed by atoms with Crippen molar-refractivity contribution in [3.63, 3.8) is 0 Å². The number of amides is 2. The number of nitrogens with one attached hydrogen (secondary N) is 1. The maximum absolute atomic E-state index is 12.5. The molecule has 25 heavy (non-hydrogen) atoms. The maximum atomic E-state index is 12.5. The highest BCUT2D eigenvalue weighted by atomic mass is 32.2. The van der Waals surface area contributed by atoms with Crippen LogP contribution in [0.15, 0.2) is 23.1 Å². The molecule has 0 bridgehead atoms. The van der Waals surface area contributed by atoms with Crippen molar-refractivity contribution in [1.29, 1.82) is 0 Å². The molecule has 0 aliphatic carbocycles. The van der Waals surface area contributed by atoms with Gasteiger partial charge in [-0.1, -0.05) is 6.92 Å². The molecule has 1 saturated heterocycles. The molecule has 10 heteroatoms. The van der Waals surface area contributed by atoms with Gasteiger partial charge in [0.1, 0.15) is 6.04 Å². The van der Waals surface area contributed by atoms with Gasteiger partial charge in [-0.3, -0.25) is 9.59 Å². The SMILES string of the molecule is CCC(=O)N1CSCC1C(=O)Nc1cc(C(=O)O)cc(S(C)(=O)=O)c1. The van der Waals surface area contributed by atoms with Crippen LogP contribution in [0.3, 0.4) is 0 Å². The normalized spacial score (nSPS) is 17.4. The highest BCUT2D eigenvalue weighted by molar-refractivity contribution is 7.99. The van der Waals surface area contributed by atoms with E-state index in [2.05, 4.69) is 5.32 Å². The molecule has 1 aliphatic heterocycles. The van der Waals surface area contributed by atoms with Crippen molar-refractivity contribution in [2.24, 2.45) is 0 Å². The lowest BCUT2D eigenvalue weighted by atomic mass is 10.2. The van der Waals surface area contributed by atoms with Crippen LogP contribution in [-0.2, 0) is 19.4 Å². The van der Waals surface area contributed by atoms with Crippen molar-refractivity contribution in [2.75, 3.05) is 23.2 Å². The lowest BCUT2D eigenvalue weighted by Crippen LogP contribution is -2.44. The second kappa shape index (κ2) is 7.44. The monoisotopic (exact) mass is 386 g/mol. The Morgan fingerprint density at radius 1 is 1.32 bits per heavy atom. The summed E-state index contributed by atoms with van der Waals surface area (Å²) in [5.41, 5.74) is -0.188. The highest BCUT2D eigenvalue weighted by Gasteiger charge is 2.34. The Hall–Kier alpha value is -2.07. The van der Waals surface area contributed by atoms with Gasteiger partial charge in [0.05, 0.1) is 16.3 Å². The first kappa shape index (κ1) is 19.3. The summed E-state index contributed by atoms with van der Waals surface area (Å²) in [6.07, 6.45) is 1.23. The van der Waals surface area contributed by atoms with Crippen LogP contribution in [0.4, 0.5) is 5.69 Å². The van der Waals surface area contributed by atoms with Crippen molar-refractivity contribution in [3.8, 4) is 0 Å². The molecule has 1 atom stereocenters. The Balaban J connectivity index is 2.30. The number of carboxylic acid groups (broad SMARTS) is 1. The second-order valence-corrected chi connectivity index (χ2v) is 8.56. The summed E-state index contributed by atoms with van der Waals surface area (Å²) < 4.78 is 23.4. The smallest absolute Gasteiger partial charge is 0.335 e. The summed E-state index contributed by atoms with van der Waals surface area (Å²) in [4.78, 5) is 36.8. The second-order valence-electron chi connectivity index (χ2n) is 5.55. The van der Waals surface area contributed by atoms with E-state index in [1.54, 1.807) is 6.92 Å². The van der Waals surface area contributed by atoms with Gasteiger partial charge in [-0.15, -0.1) is 11.8 Å². The predicted octanol–water partition coefficient (Wildman–Crippen LogP) is 1.04. The molecule has 1 fully saturated rings. The van der Waals surface area contributed by atoms with E-state index in [1.807, 2.05) is 0 Å². The number of aromatic carboxylic acids is 1. The number of thioether (sulfide) groups is 1. The lowest BCUT2D eigenvalue weighted by molar-refractivity contribution is -0.135. The van der Waals surface area contributed by atoms with Crippen LogP contribution < -0.4 is 5.32 Å². The van der Waals surface area contributed by atoms with E-state index in [4.69, 9.17) is 5.11 Å². The number of nitrogens with zero attached hydrogens (tertiary/aromatic N) is 1. The molecule has 1 aromatic rings. The van der Waals surface area contributed by atoms with Crippen molar-refractivity contribution in [3.05, 3.63) is 23.8 Å². The van der Waals surface area contributed by atoms with Gasteiger partial charge >= 0.3 is 5.97 Å². The Kier molecular flexibility index (Phi) is 5.73. The van der Waals surface area contributed by atoms with Crippen LogP contribution in [0.25, 0.3) is 0 Å². The number of carbonyl (C=O) groups excluding carboxylic acids is 2. The molecule has 1 heterocycles. The minimum Gasteiger partial charge on any atom is -0.478 e. The fourth-order valence-electron chi connectivity index (χ4n) is 2.34. The minimum absolute atomic E-state index is 0.0612. The standard InChI is InChI=1S/C15H18N2O6S2/c1-3-13(18)17-8-24-7-12(17)14(19)16-10-4-9(15(20)21)5-11(6-10)25(2,22)23/h4-6,12H,3,7-8H2,1-2H3,(H,16,19)(H,20,21). The van der Waals surface area contributed by atoms with E-state index in [9.17, 15) is 22.8 Å². The summed E-state index contributed by atoms with van der Waals surface area (Å²) in [6, 6.07) is 2.75. The molecule has 0 saturated carbocycles. The number of rotatable bonds is 5. The highest BCUT2D eigenvalue weighted by Crippen LogP contribution is 2.24. The molecule has 0 spiro atoms. The van der Waals surface area contributed by atoms with Gasteiger partial charge in [-0.2, -0.15) is 0 Å². The number of anilines is 1. The molecular formula is C15H18N2O6S2. The van der Waals surface area contributed by atoms with Gasteiger partial charge in [0.15, 0.2) is 9.84 Å². The first-order chi connectivity index (χ1) is 11.6. The zero-order chi connectivity index (χ0) is 18.8. The predicted molar refractivity (Wildman–Crippen MR) is 93.4 cm³/mol. The summed E-state index contributed by atoms with van der Waals surface area (Å²) in [5, 5.41) is 11.7. The third kappa shape index (κ3) is 4.51. The first-order valence-electron chi connectivity index (χ1n) is 7.40. The van der Waals surface area contributed by atoms with Crippen LogP contribution >= 0.6 is 11.8 Å². The molecule has 0 radical (unpaired) electrons. The van der Waals surface area contributed by atoms with Crippen molar-refractivity contribution >= 4 is 45.1 Å². The van der Waals surface area contributed by atoms with Gasteiger partial charge in [-0.05, 0) is 18.2 Å². The molecule has 1 aliphatic rings. The number of hydrogen-bond acceptors (Lipinski definition) is 6. The molecule has 2 amide bonds. The summed E-state index contributed by atoms with van der Waals surface area (Å²) >= 11 is 1.44. The largest absolute Gasteiger partial charge is 0.478 e. The quantitative estimate of drug-likeness (QED) is 0.775. The first-order valence-corrected chi connectivity index (χ1v) is 10.4. The number of sulfone groups is 1. The zero-order valence-electron chi connectivity index (χ0n) is 13.7. The molecular weight excluding hydrogens is 368 g/mol. The van der Waals surface area contributed by atoms with Crippen molar-refractivity contribution in [2.45, 2.75) is 24.3 Å². The van der Waals surface area contributed by atoms with E-state index >= 15 is 0 Å². The lowest BCUT2D eigenvalue weighted by Gasteiger charge is -2.22. The Labute approximate surface area is 149 Å². The van der Waals surface area contributed by atoms with E-state index in [-0.39, 0.29) is 28.5 Å². The fraction of sp³-hybridized carbons (Fsp3) is 0.400. The summed E-state index contributed by atoms with van der Waals surface area (Å²) in [7, 11) is -3.65. The van der Waals surface area contributed by atoms with Gasteiger partial charge < -0.3 is 15.3 Å². The topological polar surface area (TPSA) is 121 Å². The molecule has 136 valence electrons. The number of benzene rings is 1. The average Bonchev–Trinajstić information content (AvgIpc) is 3.02. The van der Waals surface area contributed by atoms with Gasteiger partial charge in [-0.25, -0.2) is 13.2 Å². The van der Waals surface area contributed by atoms with Crippen LogP contribution in [0, 0.1) is 0 Å². The maximum Gasteiger partial charge on any atom is 0.335 e. The van der Waals surface area contributed by atoms with Crippen LogP contribution in [0.5, 0.6) is 0 Å². The Bertz CT molecular complexity index is 821. The Morgan fingerprint density at radius 3 is 2.56 bits per heavy atom. The molecule has 2 N–H and O–H groups in total. The summed E-state index contributed by atoms with van der Waals surface area (Å²) in [5.74, 6) is -1.10. The van der Waals surface area contributed by atoms with Gasteiger partial charge in [0.2, 0.25) is 11.8 Å². The van der Waals surface area contributed by atoms with Crippen molar-refractivity contribution < 1.29 is 27.9 Å².